The molecule has 1 aliphatic rings. The molecule has 3 aromatic heterocycles. The third-order valence-corrected chi connectivity index (χ3v) is 4.25. The van der Waals surface area contributed by atoms with Gasteiger partial charge in [0.25, 0.3) is 0 Å². The molecular weight excluding hydrogens is 320 g/mol. The van der Waals surface area contributed by atoms with Gasteiger partial charge in [0.05, 0.1) is 25.0 Å². The normalized spacial score (nSPS) is 15.0. The average molecular weight is 338 g/mol. The van der Waals surface area contributed by atoms with Gasteiger partial charge in [0.1, 0.15) is 5.52 Å². The van der Waals surface area contributed by atoms with Gasteiger partial charge in [0, 0.05) is 37.7 Å². The largest absolute Gasteiger partial charge is 0.481 e. The van der Waals surface area contributed by atoms with Gasteiger partial charge in [-0.1, -0.05) is 0 Å². The number of carbonyl (C=O) groups excluding carboxylic acids is 1. The van der Waals surface area contributed by atoms with Crippen molar-refractivity contribution in [1.29, 1.82) is 0 Å². The first-order chi connectivity index (χ1) is 12.2. The number of pyridine rings is 1. The van der Waals surface area contributed by atoms with Gasteiger partial charge in [-0.2, -0.15) is 5.10 Å². The number of ether oxygens (including phenoxy) is 1. The second kappa shape index (κ2) is 6.04. The van der Waals surface area contributed by atoms with Crippen LogP contribution in [0, 0.1) is 6.92 Å². The van der Waals surface area contributed by atoms with E-state index in [1.54, 1.807) is 35.0 Å². The third kappa shape index (κ3) is 2.75. The SMILES string of the molecule is COc1cc(N2CCN(c3nccn4nc(C)cc34)CC2=O)ccn1. The van der Waals surface area contributed by atoms with E-state index in [1.807, 2.05) is 30.2 Å². The molecule has 1 fully saturated rings. The number of aromatic nitrogens is 4. The molecule has 4 rings (SSSR count). The molecule has 0 aliphatic carbocycles. The number of anilines is 2. The quantitative estimate of drug-likeness (QED) is 0.716. The van der Waals surface area contributed by atoms with Crippen molar-refractivity contribution in [2.24, 2.45) is 0 Å². The summed E-state index contributed by atoms with van der Waals surface area (Å²) >= 11 is 0. The number of nitrogens with zero attached hydrogens (tertiary/aromatic N) is 6. The molecule has 4 heterocycles. The fraction of sp³-hybridized carbons (Fsp3) is 0.294. The lowest BCUT2D eigenvalue weighted by molar-refractivity contribution is -0.117. The van der Waals surface area contributed by atoms with Crippen molar-refractivity contribution < 1.29 is 9.53 Å². The molecule has 0 N–H and O–H groups in total. The van der Waals surface area contributed by atoms with E-state index in [9.17, 15) is 4.79 Å². The second-order valence-corrected chi connectivity index (χ2v) is 5.89. The highest BCUT2D eigenvalue weighted by Crippen LogP contribution is 2.25. The van der Waals surface area contributed by atoms with Crippen molar-refractivity contribution in [2.75, 3.05) is 36.5 Å². The molecule has 0 radical (unpaired) electrons. The molecule has 0 saturated carbocycles. The molecule has 0 spiro atoms. The zero-order valence-corrected chi connectivity index (χ0v) is 14.1. The first-order valence-corrected chi connectivity index (χ1v) is 8.02. The van der Waals surface area contributed by atoms with Crippen LogP contribution < -0.4 is 14.5 Å². The predicted octanol–water partition coefficient (Wildman–Crippen LogP) is 1.29. The molecule has 128 valence electrons. The highest BCUT2D eigenvalue weighted by Gasteiger charge is 2.27. The van der Waals surface area contributed by atoms with Crippen LogP contribution in [0.4, 0.5) is 11.5 Å². The second-order valence-electron chi connectivity index (χ2n) is 5.89. The number of amides is 1. The Morgan fingerprint density at radius 3 is 2.84 bits per heavy atom. The Kier molecular flexibility index (Phi) is 3.72. The minimum atomic E-state index is 0.0135. The summed E-state index contributed by atoms with van der Waals surface area (Å²) in [6.45, 7) is 3.47. The van der Waals surface area contributed by atoms with Crippen LogP contribution in [-0.4, -0.2) is 52.2 Å². The summed E-state index contributed by atoms with van der Waals surface area (Å²) in [7, 11) is 1.56. The van der Waals surface area contributed by atoms with Crippen LogP contribution in [0.2, 0.25) is 0 Å². The lowest BCUT2D eigenvalue weighted by Gasteiger charge is -2.35. The Hall–Kier alpha value is -3.16. The van der Waals surface area contributed by atoms with E-state index in [-0.39, 0.29) is 12.5 Å². The molecule has 25 heavy (non-hydrogen) atoms. The fourth-order valence-corrected chi connectivity index (χ4v) is 3.08. The van der Waals surface area contributed by atoms with Crippen LogP contribution in [0.1, 0.15) is 5.69 Å². The number of rotatable bonds is 3. The van der Waals surface area contributed by atoms with Gasteiger partial charge >= 0.3 is 0 Å². The van der Waals surface area contributed by atoms with Crippen molar-refractivity contribution in [3.8, 4) is 5.88 Å². The number of hydrogen-bond acceptors (Lipinski definition) is 6. The number of aryl methyl sites for hydroxylation is 1. The summed E-state index contributed by atoms with van der Waals surface area (Å²) in [4.78, 5) is 25.0. The third-order valence-electron chi connectivity index (χ3n) is 4.25. The Morgan fingerprint density at radius 1 is 1.16 bits per heavy atom. The molecule has 0 bridgehead atoms. The van der Waals surface area contributed by atoms with Crippen molar-refractivity contribution in [2.45, 2.75) is 6.92 Å². The van der Waals surface area contributed by atoms with Crippen LogP contribution in [0.5, 0.6) is 5.88 Å². The maximum Gasteiger partial charge on any atom is 0.246 e. The highest BCUT2D eigenvalue weighted by molar-refractivity contribution is 5.98. The van der Waals surface area contributed by atoms with Crippen molar-refractivity contribution >= 4 is 22.9 Å². The minimum absolute atomic E-state index is 0.0135. The van der Waals surface area contributed by atoms with Crippen LogP contribution in [0.15, 0.2) is 36.8 Å². The summed E-state index contributed by atoms with van der Waals surface area (Å²) in [5.74, 6) is 1.29. The van der Waals surface area contributed by atoms with E-state index in [1.165, 1.54) is 0 Å². The van der Waals surface area contributed by atoms with Crippen molar-refractivity contribution in [3.63, 3.8) is 0 Å². The molecular formula is C17H18N6O2. The Bertz CT molecular complexity index is 938. The van der Waals surface area contributed by atoms with Crippen LogP contribution in [-0.2, 0) is 4.79 Å². The first-order valence-electron chi connectivity index (χ1n) is 8.02. The van der Waals surface area contributed by atoms with E-state index >= 15 is 0 Å². The van der Waals surface area contributed by atoms with Gasteiger partial charge in [0.15, 0.2) is 5.82 Å². The maximum absolute atomic E-state index is 12.7. The molecule has 8 heteroatoms. The van der Waals surface area contributed by atoms with Gasteiger partial charge in [-0.15, -0.1) is 0 Å². The number of piperazine rings is 1. The molecule has 1 saturated heterocycles. The summed E-state index contributed by atoms with van der Waals surface area (Å²) in [6, 6.07) is 5.56. The van der Waals surface area contributed by atoms with E-state index in [0.29, 0.717) is 19.0 Å². The fourth-order valence-electron chi connectivity index (χ4n) is 3.08. The summed E-state index contributed by atoms with van der Waals surface area (Å²) in [5.41, 5.74) is 2.62. The Balaban J connectivity index is 1.59. The van der Waals surface area contributed by atoms with Crippen molar-refractivity contribution in [1.82, 2.24) is 19.6 Å². The molecule has 0 atom stereocenters. The smallest absolute Gasteiger partial charge is 0.246 e. The van der Waals surface area contributed by atoms with Gasteiger partial charge < -0.3 is 14.5 Å². The zero-order chi connectivity index (χ0) is 17.4. The number of carbonyl (C=O) groups is 1. The predicted molar refractivity (Wildman–Crippen MR) is 93.1 cm³/mol. The van der Waals surface area contributed by atoms with E-state index in [2.05, 4.69) is 15.1 Å². The van der Waals surface area contributed by atoms with Crippen LogP contribution in [0.3, 0.4) is 0 Å². The lowest BCUT2D eigenvalue weighted by atomic mass is 10.2. The molecule has 0 aromatic carbocycles. The standard InChI is InChI=1S/C17H18N6O2/c1-12-9-14-17(19-5-6-23(14)20-12)21-7-8-22(16(24)11-21)13-3-4-18-15(10-13)25-2/h3-6,9-10H,7-8,11H2,1-2H3. The molecule has 3 aromatic rings. The van der Waals surface area contributed by atoms with E-state index < -0.39 is 0 Å². The van der Waals surface area contributed by atoms with E-state index in [0.717, 1.165) is 22.7 Å². The summed E-state index contributed by atoms with van der Waals surface area (Å²) in [5, 5.41) is 4.40. The van der Waals surface area contributed by atoms with Gasteiger partial charge in [-0.25, -0.2) is 14.5 Å². The zero-order valence-electron chi connectivity index (χ0n) is 14.1. The summed E-state index contributed by atoms with van der Waals surface area (Å²) < 4.78 is 6.94. The van der Waals surface area contributed by atoms with Crippen LogP contribution >= 0.6 is 0 Å². The monoisotopic (exact) mass is 338 g/mol. The van der Waals surface area contributed by atoms with Gasteiger partial charge in [-0.3, -0.25) is 4.79 Å². The number of hydrogen-bond donors (Lipinski definition) is 0. The van der Waals surface area contributed by atoms with Gasteiger partial charge in [0.2, 0.25) is 11.8 Å². The van der Waals surface area contributed by atoms with Gasteiger partial charge in [-0.05, 0) is 19.1 Å². The van der Waals surface area contributed by atoms with Crippen molar-refractivity contribution in [3.05, 3.63) is 42.5 Å². The first kappa shape index (κ1) is 15.4. The Morgan fingerprint density at radius 2 is 2.04 bits per heavy atom. The average Bonchev–Trinajstić information content (AvgIpc) is 3.01. The lowest BCUT2D eigenvalue weighted by Crippen LogP contribution is -2.51. The van der Waals surface area contributed by atoms with E-state index in [4.69, 9.17) is 4.74 Å². The number of fused-ring (bicyclic) bond motifs is 1. The topological polar surface area (TPSA) is 75.9 Å². The molecule has 0 unspecified atom stereocenters. The molecule has 1 aliphatic heterocycles. The minimum Gasteiger partial charge on any atom is -0.481 e. The van der Waals surface area contributed by atoms with Crippen LogP contribution in [0.25, 0.3) is 5.52 Å². The molecule has 8 nitrogen and oxygen atoms in total. The number of methoxy groups -OCH3 is 1. The molecule has 1 amide bonds. The summed E-state index contributed by atoms with van der Waals surface area (Å²) in [6.07, 6.45) is 5.16. The highest BCUT2D eigenvalue weighted by atomic mass is 16.5. The maximum atomic E-state index is 12.7. The Labute approximate surface area is 144 Å².